The first-order valence-electron chi connectivity index (χ1n) is 6.37. The molecule has 0 amide bonds. The van der Waals surface area contributed by atoms with E-state index in [-0.39, 0.29) is 18.4 Å². The number of aromatic nitrogens is 2. The maximum absolute atomic E-state index is 11.6. The molecule has 0 aliphatic carbocycles. The van der Waals surface area contributed by atoms with Gasteiger partial charge >= 0.3 is 11.7 Å². The molecule has 0 fully saturated rings. The maximum Gasteiger partial charge on any atom is 0.349 e. The van der Waals surface area contributed by atoms with Gasteiger partial charge in [-0.2, -0.15) is 4.98 Å². The Morgan fingerprint density at radius 3 is 2.71 bits per heavy atom. The highest BCUT2D eigenvalue weighted by Gasteiger charge is 2.03. The highest BCUT2D eigenvalue weighted by molar-refractivity contribution is 5.89. The van der Waals surface area contributed by atoms with Crippen LogP contribution in [0.1, 0.15) is 10.4 Å². The van der Waals surface area contributed by atoms with Crippen molar-refractivity contribution in [3.05, 3.63) is 70.8 Å². The third kappa shape index (κ3) is 4.31. The molecule has 0 saturated carbocycles. The molecule has 6 nitrogen and oxygen atoms in total. The van der Waals surface area contributed by atoms with Crippen LogP contribution in [0.2, 0.25) is 0 Å². The fourth-order valence-corrected chi connectivity index (χ4v) is 1.62. The smallest absolute Gasteiger partial charge is 0.349 e. The van der Waals surface area contributed by atoms with E-state index in [4.69, 9.17) is 10.5 Å². The molecule has 0 saturated heterocycles. The van der Waals surface area contributed by atoms with Gasteiger partial charge in [0.2, 0.25) is 0 Å². The number of anilines is 1. The third-order valence-corrected chi connectivity index (χ3v) is 2.68. The standard InChI is InChI=1S/C15H15N3O3/c16-13-8-10-18(15(20)17-13)9-4-5-11-21-14(19)12-6-2-1-3-7-12/h1-8,10H,9,11H2,(H2,16,17,20)/b5-4-. The minimum Gasteiger partial charge on any atom is -0.458 e. The summed E-state index contributed by atoms with van der Waals surface area (Å²) >= 11 is 0. The van der Waals surface area contributed by atoms with Gasteiger partial charge in [0.25, 0.3) is 0 Å². The van der Waals surface area contributed by atoms with Crippen LogP contribution in [-0.4, -0.2) is 22.1 Å². The summed E-state index contributed by atoms with van der Waals surface area (Å²) in [5, 5.41) is 0. The number of nitrogens with two attached hydrogens (primary N) is 1. The SMILES string of the molecule is Nc1ccn(C/C=C\COC(=O)c2ccccc2)c(=O)n1. The van der Waals surface area contributed by atoms with E-state index >= 15 is 0 Å². The number of esters is 1. The number of nitrogen functional groups attached to an aromatic ring is 1. The molecule has 0 atom stereocenters. The van der Waals surface area contributed by atoms with Crippen LogP contribution in [-0.2, 0) is 11.3 Å². The summed E-state index contributed by atoms with van der Waals surface area (Å²) in [6.45, 7) is 0.486. The topological polar surface area (TPSA) is 87.2 Å². The lowest BCUT2D eigenvalue weighted by Gasteiger charge is -2.02. The van der Waals surface area contributed by atoms with Gasteiger partial charge in [-0.05, 0) is 24.3 Å². The highest BCUT2D eigenvalue weighted by atomic mass is 16.5. The van der Waals surface area contributed by atoms with Gasteiger partial charge in [0, 0.05) is 12.7 Å². The van der Waals surface area contributed by atoms with Crippen LogP contribution >= 0.6 is 0 Å². The van der Waals surface area contributed by atoms with E-state index in [0.29, 0.717) is 12.1 Å². The molecule has 0 aliphatic heterocycles. The molecule has 2 N–H and O–H groups in total. The Bertz CT molecular complexity index is 693. The summed E-state index contributed by atoms with van der Waals surface area (Å²) in [5.74, 6) is -0.191. The Labute approximate surface area is 121 Å². The lowest BCUT2D eigenvalue weighted by atomic mass is 10.2. The highest BCUT2D eigenvalue weighted by Crippen LogP contribution is 2.00. The zero-order valence-electron chi connectivity index (χ0n) is 11.3. The molecule has 21 heavy (non-hydrogen) atoms. The van der Waals surface area contributed by atoms with Crippen molar-refractivity contribution in [3.63, 3.8) is 0 Å². The number of rotatable bonds is 5. The van der Waals surface area contributed by atoms with E-state index in [1.807, 2.05) is 6.07 Å². The van der Waals surface area contributed by atoms with Crippen molar-refractivity contribution >= 4 is 11.8 Å². The first-order chi connectivity index (χ1) is 10.2. The Hall–Kier alpha value is -2.89. The van der Waals surface area contributed by atoms with Crippen LogP contribution in [0.3, 0.4) is 0 Å². The van der Waals surface area contributed by atoms with Gasteiger partial charge in [-0.25, -0.2) is 9.59 Å². The maximum atomic E-state index is 11.6. The predicted octanol–water partition coefficient (Wildman–Crippen LogP) is 1.24. The van der Waals surface area contributed by atoms with Gasteiger partial charge < -0.3 is 10.5 Å². The van der Waals surface area contributed by atoms with Crippen LogP contribution in [0.4, 0.5) is 5.82 Å². The van der Waals surface area contributed by atoms with Gasteiger partial charge in [0.1, 0.15) is 12.4 Å². The summed E-state index contributed by atoms with van der Waals surface area (Å²) in [6.07, 6.45) is 4.95. The average Bonchev–Trinajstić information content (AvgIpc) is 2.49. The Morgan fingerprint density at radius 1 is 1.24 bits per heavy atom. The average molecular weight is 285 g/mol. The van der Waals surface area contributed by atoms with Crippen LogP contribution in [0.5, 0.6) is 0 Å². The quantitative estimate of drug-likeness (QED) is 0.659. The van der Waals surface area contributed by atoms with Crippen molar-refractivity contribution in [2.75, 3.05) is 12.3 Å². The summed E-state index contributed by atoms with van der Waals surface area (Å²) in [4.78, 5) is 26.7. The Morgan fingerprint density at radius 2 is 2.00 bits per heavy atom. The second kappa shape index (κ2) is 7.04. The summed E-state index contributed by atoms with van der Waals surface area (Å²) in [7, 11) is 0. The van der Waals surface area contributed by atoms with E-state index in [2.05, 4.69) is 4.98 Å². The Kier molecular flexibility index (Phi) is 4.87. The predicted molar refractivity (Wildman–Crippen MR) is 78.8 cm³/mol. The molecule has 1 heterocycles. The summed E-state index contributed by atoms with van der Waals surface area (Å²) < 4.78 is 6.46. The summed E-state index contributed by atoms with van der Waals surface area (Å²) in [5.41, 5.74) is 5.48. The fraction of sp³-hybridized carbons (Fsp3) is 0.133. The van der Waals surface area contributed by atoms with Gasteiger partial charge in [-0.3, -0.25) is 4.57 Å². The summed E-state index contributed by atoms with van der Waals surface area (Å²) in [6, 6.07) is 10.3. The number of allylic oxidation sites excluding steroid dienone is 1. The minimum atomic E-state index is -0.416. The second-order valence-corrected chi connectivity index (χ2v) is 4.22. The molecule has 2 rings (SSSR count). The van der Waals surface area contributed by atoms with E-state index in [1.54, 1.807) is 48.7 Å². The molecule has 108 valence electrons. The Balaban J connectivity index is 1.81. The molecule has 1 aromatic heterocycles. The van der Waals surface area contributed by atoms with Crippen molar-refractivity contribution in [3.8, 4) is 0 Å². The van der Waals surface area contributed by atoms with E-state index in [0.717, 1.165) is 0 Å². The molecule has 0 unspecified atom stereocenters. The number of hydrogen-bond donors (Lipinski definition) is 1. The molecule has 1 aromatic carbocycles. The molecule has 0 aliphatic rings. The van der Waals surface area contributed by atoms with Crippen LogP contribution in [0, 0.1) is 0 Å². The second-order valence-electron chi connectivity index (χ2n) is 4.22. The lowest BCUT2D eigenvalue weighted by molar-refractivity contribution is 0.0549. The van der Waals surface area contributed by atoms with Gasteiger partial charge in [-0.1, -0.05) is 24.3 Å². The number of carbonyl (C=O) groups is 1. The van der Waals surface area contributed by atoms with Gasteiger partial charge in [-0.15, -0.1) is 0 Å². The molecular weight excluding hydrogens is 270 g/mol. The number of carbonyl (C=O) groups excluding carboxylic acids is 1. The lowest BCUT2D eigenvalue weighted by Crippen LogP contribution is -2.22. The fourth-order valence-electron chi connectivity index (χ4n) is 1.62. The number of benzene rings is 1. The van der Waals surface area contributed by atoms with Crippen molar-refractivity contribution in [2.45, 2.75) is 6.54 Å². The molecule has 6 heteroatoms. The first kappa shape index (κ1) is 14.5. The van der Waals surface area contributed by atoms with E-state index < -0.39 is 5.69 Å². The normalized spacial score (nSPS) is 10.7. The monoisotopic (exact) mass is 285 g/mol. The largest absolute Gasteiger partial charge is 0.458 e. The molecule has 0 bridgehead atoms. The van der Waals surface area contributed by atoms with Crippen LogP contribution in [0.15, 0.2) is 59.5 Å². The van der Waals surface area contributed by atoms with Crippen molar-refractivity contribution < 1.29 is 9.53 Å². The van der Waals surface area contributed by atoms with Gasteiger partial charge in [0.15, 0.2) is 0 Å². The van der Waals surface area contributed by atoms with Crippen LogP contribution in [0.25, 0.3) is 0 Å². The molecule has 0 radical (unpaired) electrons. The third-order valence-electron chi connectivity index (χ3n) is 2.68. The molecule has 0 spiro atoms. The zero-order valence-corrected chi connectivity index (χ0v) is 11.3. The molecular formula is C15H15N3O3. The van der Waals surface area contributed by atoms with Crippen molar-refractivity contribution in [1.82, 2.24) is 9.55 Å². The zero-order chi connectivity index (χ0) is 15.1. The first-order valence-corrected chi connectivity index (χ1v) is 6.37. The van der Waals surface area contributed by atoms with Crippen molar-refractivity contribution in [2.24, 2.45) is 0 Å². The molecule has 2 aromatic rings. The van der Waals surface area contributed by atoms with Gasteiger partial charge in [0.05, 0.1) is 5.56 Å². The number of hydrogen-bond acceptors (Lipinski definition) is 5. The van der Waals surface area contributed by atoms with E-state index in [1.165, 1.54) is 4.57 Å². The minimum absolute atomic E-state index is 0.144. The van der Waals surface area contributed by atoms with Crippen LogP contribution < -0.4 is 11.4 Å². The van der Waals surface area contributed by atoms with Crippen molar-refractivity contribution in [1.29, 1.82) is 0 Å². The number of nitrogens with zero attached hydrogens (tertiary/aromatic N) is 2. The van der Waals surface area contributed by atoms with E-state index in [9.17, 15) is 9.59 Å². The number of ether oxygens (including phenoxy) is 1.